The van der Waals surface area contributed by atoms with Crippen LogP contribution >= 0.6 is 0 Å². The Labute approximate surface area is 215 Å². The van der Waals surface area contributed by atoms with Gasteiger partial charge in [-0.05, 0) is 72.5 Å². The molecule has 1 aliphatic rings. The molecule has 0 bridgehead atoms. The molecular formula is C29H42F3NO2Si. The number of alkyl halides is 3. The fourth-order valence-corrected chi connectivity index (χ4v) is 6.25. The number of pyridine rings is 1. The average molecular weight is 522 g/mol. The maximum atomic E-state index is 13.4. The van der Waals surface area contributed by atoms with Crippen molar-refractivity contribution in [1.82, 2.24) is 4.98 Å². The summed E-state index contributed by atoms with van der Waals surface area (Å²) in [5, 5.41) is 11.5. The average Bonchev–Trinajstić information content (AvgIpc) is 2.70. The van der Waals surface area contributed by atoms with Crippen molar-refractivity contribution >= 4 is 8.32 Å². The SMILES string of the molecule is Cc1c([C@@H](O)c2cccc(C(F)(F)F)c2)c(C(C)C)nc2c1[C@@H](O[Si](C)(C)C(C)(C)C)CC(C)(C)C2. The zero-order valence-electron chi connectivity index (χ0n) is 23.4. The molecule has 0 unspecified atom stereocenters. The number of fused-ring (bicyclic) bond motifs is 1. The van der Waals surface area contributed by atoms with Gasteiger partial charge in [-0.3, -0.25) is 4.98 Å². The van der Waals surface area contributed by atoms with E-state index in [9.17, 15) is 18.3 Å². The number of aliphatic hydroxyl groups is 1. The van der Waals surface area contributed by atoms with Crippen LogP contribution < -0.4 is 0 Å². The molecular weight excluding hydrogens is 479 g/mol. The number of aromatic nitrogens is 1. The second kappa shape index (κ2) is 9.55. The lowest BCUT2D eigenvalue weighted by molar-refractivity contribution is -0.137. The Morgan fingerprint density at radius 2 is 1.75 bits per heavy atom. The summed E-state index contributed by atoms with van der Waals surface area (Å²) in [6.07, 6.45) is -4.25. The third-order valence-electron chi connectivity index (χ3n) is 7.95. The molecule has 7 heteroatoms. The standard InChI is InChI=1S/C29H42F3NO2Si/c1-17(2)25-24(26(34)19-12-11-13-20(14-19)29(30,31)32)18(3)23-21(33-25)15-28(7,8)16-22(23)35-36(9,10)27(4,5)6/h11-14,17,22,26,34H,15-16H2,1-10H3/t22-,26-/m0/s1. The minimum atomic E-state index is -4.48. The Balaban J connectivity index is 2.22. The Hall–Kier alpha value is -1.70. The van der Waals surface area contributed by atoms with E-state index in [0.717, 1.165) is 47.5 Å². The Kier molecular flexibility index (Phi) is 7.66. The number of hydrogen-bond acceptors (Lipinski definition) is 3. The zero-order valence-corrected chi connectivity index (χ0v) is 24.4. The molecule has 1 aromatic carbocycles. The van der Waals surface area contributed by atoms with Crippen molar-refractivity contribution in [2.75, 3.05) is 0 Å². The normalized spacial score (nSPS) is 19.4. The molecule has 1 N–H and O–H groups in total. The highest BCUT2D eigenvalue weighted by molar-refractivity contribution is 6.74. The van der Waals surface area contributed by atoms with Crippen LogP contribution in [0, 0.1) is 12.3 Å². The Bertz CT molecular complexity index is 1120. The van der Waals surface area contributed by atoms with Gasteiger partial charge in [0.05, 0.1) is 11.7 Å². The van der Waals surface area contributed by atoms with Crippen molar-refractivity contribution in [2.24, 2.45) is 5.41 Å². The predicted molar refractivity (Wildman–Crippen MR) is 142 cm³/mol. The van der Waals surface area contributed by atoms with Crippen LogP contribution in [0.5, 0.6) is 0 Å². The summed E-state index contributed by atoms with van der Waals surface area (Å²) < 4.78 is 47.2. The van der Waals surface area contributed by atoms with Gasteiger partial charge in [0.25, 0.3) is 0 Å². The van der Waals surface area contributed by atoms with Crippen LogP contribution in [0.1, 0.15) is 112 Å². The van der Waals surface area contributed by atoms with Crippen LogP contribution in [0.2, 0.25) is 18.1 Å². The second-order valence-corrected chi connectivity index (χ2v) is 17.7. The van der Waals surface area contributed by atoms with E-state index < -0.39 is 26.2 Å². The van der Waals surface area contributed by atoms with Gasteiger partial charge >= 0.3 is 6.18 Å². The van der Waals surface area contributed by atoms with Crippen LogP contribution in [0.25, 0.3) is 0 Å². The van der Waals surface area contributed by atoms with Crippen LogP contribution in [0.15, 0.2) is 24.3 Å². The van der Waals surface area contributed by atoms with Crippen molar-refractivity contribution in [3.63, 3.8) is 0 Å². The fourth-order valence-electron chi connectivity index (χ4n) is 4.98. The highest BCUT2D eigenvalue weighted by Crippen LogP contribution is 2.49. The minimum absolute atomic E-state index is 0.00507. The monoisotopic (exact) mass is 521 g/mol. The van der Waals surface area contributed by atoms with E-state index in [0.29, 0.717) is 5.56 Å². The van der Waals surface area contributed by atoms with Crippen molar-refractivity contribution < 1.29 is 22.7 Å². The van der Waals surface area contributed by atoms with Crippen molar-refractivity contribution in [2.45, 2.75) is 111 Å². The van der Waals surface area contributed by atoms with Crippen LogP contribution in [0.3, 0.4) is 0 Å². The molecule has 1 aromatic heterocycles. The van der Waals surface area contributed by atoms with Crippen LogP contribution in [-0.2, 0) is 17.0 Å². The van der Waals surface area contributed by atoms with E-state index in [1.165, 1.54) is 6.07 Å². The van der Waals surface area contributed by atoms with Gasteiger partial charge in [-0.2, -0.15) is 13.2 Å². The highest BCUT2D eigenvalue weighted by atomic mass is 28.4. The Morgan fingerprint density at radius 1 is 1.14 bits per heavy atom. The molecule has 1 heterocycles. The van der Waals surface area contributed by atoms with Gasteiger partial charge in [0.15, 0.2) is 8.32 Å². The molecule has 0 saturated heterocycles. The first-order valence-corrected chi connectivity index (χ1v) is 15.7. The van der Waals surface area contributed by atoms with Gasteiger partial charge in [0.1, 0.15) is 6.10 Å². The number of aliphatic hydroxyl groups excluding tert-OH is 1. The summed E-state index contributed by atoms with van der Waals surface area (Å²) in [5.74, 6) is -0.00533. The molecule has 36 heavy (non-hydrogen) atoms. The van der Waals surface area contributed by atoms with Crippen LogP contribution in [-0.4, -0.2) is 18.4 Å². The van der Waals surface area contributed by atoms with Gasteiger partial charge < -0.3 is 9.53 Å². The molecule has 0 radical (unpaired) electrons. The summed E-state index contributed by atoms with van der Waals surface area (Å²) in [6.45, 7) is 21.6. The lowest BCUT2D eigenvalue weighted by atomic mass is 9.72. The number of benzene rings is 1. The first kappa shape index (κ1) is 28.9. The van der Waals surface area contributed by atoms with Crippen molar-refractivity contribution in [3.8, 4) is 0 Å². The lowest BCUT2D eigenvalue weighted by Gasteiger charge is -2.45. The molecule has 1 aliphatic carbocycles. The molecule has 3 nitrogen and oxygen atoms in total. The molecule has 0 aliphatic heterocycles. The summed E-state index contributed by atoms with van der Waals surface area (Å²) in [7, 11) is -2.13. The number of hydrogen-bond donors (Lipinski definition) is 1. The maximum absolute atomic E-state index is 13.4. The largest absolute Gasteiger partial charge is 0.416 e. The third-order valence-corrected chi connectivity index (χ3v) is 12.4. The lowest BCUT2D eigenvalue weighted by Crippen LogP contribution is -2.44. The molecule has 200 valence electrons. The maximum Gasteiger partial charge on any atom is 0.416 e. The third kappa shape index (κ3) is 5.73. The second-order valence-electron chi connectivity index (χ2n) is 13.0. The molecule has 2 atom stereocenters. The molecule has 0 amide bonds. The van der Waals surface area contributed by atoms with Gasteiger partial charge in [0, 0.05) is 22.5 Å². The summed E-state index contributed by atoms with van der Waals surface area (Å²) in [6, 6.07) is 4.97. The fraction of sp³-hybridized carbons (Fsp3) is 0.621. The van der Waals surface area contributed by atoms with Crippen molar-refractivity contribution in [3.05, 3.63) is 63.5 Å². The van der Waals surface area contributed by atoms with E-state index in [-0.39, 0.29) is 28.0 Å². The predicted octanol–water partition coefficient (Wildman–Crippen LogP) is 8.65. The van der Waals surface area contributed by atoms with Gasteiger partial charge in [0.2, 0.25) is 0 Å². The molecule has 0 saturated carbocycles. The van der Waals surface area contributed by atoms with Crippen molar-refractivity contribution in [1.29, 1.82) is 0 Å². The van der Waals surface area contributed by atoms with Gasteiger partial charge in [-0.25, -0.2) is 0 Å². The smallest absolute Gasteiger partial charge is 0.410 e. The first-order chi connectivity index (χ1) is 16.2. The van der Waals surface area contributed by atoms with E-state index in [1.807, 2.05) is 20.8 Å². The topological polar surface area (TPSA) is 42.4 Å². The van der Waals surface area contributed by atoms with E-state index in [4.69, 9.17) is 9.41 Å². The van der Waals surface area contributed by atoms with Crippen LogP contribution in [0.4, 0.5) is 13.2 Å². The number of nitrogens with zero attached hydrogens (tertiary/aromatic N) is 1. The molecule has 0 spiro atoms. The minimum Gasteiger partial charge on any atom is -0.410 e. The first-order valence-electron chi connectivity index (χ1n) is 12.8. The molecule has 0 fully saturated rings. The van der Waals surface area contributed by atoms with E-state index >= 15 is 0 Å². The van der Waals surface area contributed by atoms with Gasteiger partial charge in [-0.15, -0.1) is 0 Å². The quantitative estimate of drug-likeness (QED) is 0.400. The number of halogens is 3. The summed E-state index contributed by atoms with van der Waals surface area (Å²) in [5.41, 5.74) is 3.65. The van der Waals surface area contributed by atoms with E-state index in [2.05, 4.69) is 47.7 Å². The molecule has 3 rings (SSSR count). The Morgan fingerprint density at radius 3 is 2.28 bits per heavy atom. The van der Waals surface area contributed by atoms with Gasteiger partial charge in [-0.1, -0.05) is 60.6 Å². The highest BCUT2D eigenvalue weighted by Gasteiger charge is 2.44. The number of rotatable bonds is 5. The zero-order chi connectivity index (χ0) is 27.4. The summed E-state index contributed by atoms with van der Waals surface area (Å²) >= 11 is 0. The molecule has 2 aromatic rings. The summed E-state index contributed by atoms with van der Waals surface area (Å²) in [4.78, 5) is 5.08. The van der Waals surface area contributed by atoms with E-state index in [1.54, 1.807) is 6.07 Å².